The van der Waals surface area contributed by atoms with Crippen molar-refractivity contribution in [3.63, 3.8) is 0 Å². The Morgan fingerprint density at radius 2 is 1.69 bits per heavy atom. The van der Waals surface area contributed by atoms with Crippen molar-refractivity contribution in [2.75, 3.05) is 19.7 Å². The van der Waals surface area contributed by atoms with Gasteiger partial charge >= 0.3 is 0 Å². The molecule has 90 valence electrons. The predicted octanol–water partition coefficient (Wildman–Crippen LogP) is 2.45. The van der Waals surface area contributed by atoms with Gasteiger partial charge < -0.3 is 5.11 Å². The van der Waals surface area contributed by atoms with Gasteiger partial charge in [-0.3, -0.25) is 4.90 Å². The van der Waals surface area contributed by atoms with Crippen LogP contribution in [0.5, 0.6) is 0 Å². The van der Waals surface area contributed by atoms with Gasteiger partial charge in [0.05, 0.1) is 0 Å². The van der Waals surface area contributed by atoms with E-state index in [0.29, 0.717) is 0 Å². The van der Waals surface area contributed by atoms with Crippen LogP contribution in [0.2, 0.25) is 0 Å². The van der Waals surface area contributed by atoms with Gasteiger partial charge in [-0.15, -0.1) is 0 Å². The SMILES string of the molecule is CCc1ccc(CN(CC)CCCO)cc1. The van der Waals surface area contributed by atoms with Gasteiger partial charge in [0.25, 0.3) is 0 Å². The third-order valence-electron chi connectivity index (χ3n) is 2.92. The predicted molar refractivity (Wildman–Crippen MR) is 68.5 cm³/mol. The minimum atomic E-state index is 0.283. The van der Waals surface area contributed by atoms with E-state index in [1.165, 1.54) is 11.1 Å². The molecule has 0 aliphatic heterocycles. The van der Waals surface area contributed by atoms with Crippen LogP contribution in [0.25, 0.3) is 0 Å². The third-order valence-corrected chi connectivity index (χ3v) is 2.92. The molecule has 0 spiro atoms. The summed E-state index contributed by atoms with van der Waals surface area (Å²) in [7, 11) is 0. The highest BCUT2D eigenvalue weighted by Gasteiger charge is 2.02. The fraction of sp³-hybridized carbons (Fsp3) is 0.571. The molecule has 0 saturated heterocycles. The normalized spacial score (nSPS) is 11.0. The van der Waals surface area contributed by atoms with E-state index in [9.17, 15) is 0 Å². The largest absolute Gasteiger partial charge is 0.396 e. The van der Waals surface area contributed by atoms with Crippen molar-refractivity contribution in [1.82, 2.24) is 4.90 Å². The number of rotatable bonds is 7. The van der Waals surface area contributed by atoms with E-state index in [4.69, 9.17) is 5.11 Å². The topological polar surface area (TPSA) is 23.5 Å². The van der Waals surface area contributed by atoms with Crippen molar-refractivity contribution >= 4 is 0 Å². The standard InChI is InChI=1S/C14H23NO/c1-3-13-6-8-14(9-7-13)12-15(4-2)10-5-11-16/h6-9,16H,3-5,10-12H2,1-2H3. The smallest absolute Gasteiger partial charge is 0.0443 e. The molecular weight excluding hydrogens is 198 g/mol. The van der Waals surface area contributed by atoms with Crippen molar-refractivity contribution in [1.29, 1.82) is 0 Å². The zero-order chi connectivity index (χ0) is 11.8. The first-order valence-electron chi connectivity index (χ1n) is 6.21. The number of aliphatic hydroxyl groups excluding tert-OH is 1. The highest BCUT2D eigenvalue weighted by atomic mass is 16.3. The van der Waals surface area contributed by atoms with Crippen LogP contribution in [0.15, 0.2) is 24.3 Å². The van der Waals surface area contributed by atoms with E-state index in [-0.39, 0.29) is 6.61 Å². The van der Waals surface area contributed by atoms with Crippen molar-refractivity contribution in [3.8, 4) is 0 Å². The molecule has 0 atom stereocenters. The van der Waals surface area contributed by atoms with Crippen LogP contribution in [0.1, 0.15) is 31.4 Å². The van der Waals surface area contributed by atoms with Gasteiger partial charge in [-0.2, -0.15) is 0 Å². The van der Waals surface area contributed by atoms with Gasteiger partial charge in [0, 0.05) is 19.7 Å². The van der Waals surface area contributed by atoms with Crippen LogP contribution < -0.4 is 0 Å². The number of benzene rings is 1. The molecule has 0 saturated carbocycles. The summed E-state index contributed by atoms with van der Waals surface area (Å²) in [6.45, 7) is 7.62. The maximum atomic E-state index is 8.82. The molecule has 0 aliphatic carbocycles. The summed E-state index contributed by atoms with van der Waals surface area (Å²) in [6.07, 6.45) is 1.96. The molecule has 1 aromatic rings. The first kappa shape index (κ1) is 13.2. The molecule has 0 heterocycles. The van der Waals surface area contributed by atoms with E-state index in [1.54, 1.807) is 0 Å². The monoisotopic (exact) mass is 221 g/mol. The highest BCUT2D eigenvalue weighted by molar-refractivity contribution is 5.22. The Labute approximate surface area is 98.9 Å². The summed E-state index contributed by atoms with van der Waals surface area (Å²) in [4.78, 5) is 2.36. The second-order valence-electron chi connectivity index (χ2n) is 4.12. The van der Waals surface area contributed by atoms with Gasteiger partial charge in [0.15, 0.2) is 0 Å². The number of hydrogen-bond donors (Lipinski definition) is 1. The fourth-order valence-electron chi connectivity index (χ4n) is 1.78. The van der Waals surface area contributed by atoms with Crippen LogP contribution in [0, 0.1) is 0 Å². The molecule has 2 nitrogen and oxygen atoms in total. The maximum Gasteiger partial charge on any atom is 0.0443 e. The zero-order valence-corrected chi connectivity index (χ0v) is 10.4. The third kappa shape index (κ3) is 4.33. The number of aliphatic hydroxyl groups is 1. The Morgan fingerprint density at radius 1 is 1.06 bits per heavy atom. The number of nitrogens with zero attached hydrogens (tertiary/aromatic N) is 1. The van der Waals surface area contributed by atoms with Crippen molar-refractivity contribution in [2.24, 2.45) is 0 Å². The number of aryl methyl sites for hydroxylation is 1. The number of hydrogen-bond acceptors (Lipinski definition) is 2. The average Bonchev–Trinajstić information content (AvgIpc) is 2.35. The van der Waals surface area contributed by atoms with Gasteiger partial charge in [-0.1, -0.05) is 38.1 Å². The van der Waals surface area contributed by atoms with Crippen LogP contribution in [0.3, 0.4) is 0 Å². The summed E-state index contributed by atoms with van der Waals surface area (Å²) in [5.41, 5.74) is 2.75. The Hall–Kier alpha value is -0.860. The lowest BCUT2D eigenvalue weighted by atomic mass is 10.1. The first-order chi connectivity index (χ1) is 7.80. The van der Waals surface area contributed by atoms with Crippen LogP contribution in [0.4, 0.5) is 0 Å². The highest BCUT2D eigenvalue weighted by Crippen LogP contribution is 2.08. The minimum Gasteiger partial charge on any atom is -0.396 e. The average molecular weight is 221 g/mol. The molecule has 2 heteroatoms. The van der Waals surface area contributed by atoms with Crippen molar-refractivity contribution in [3.05, 3.63) is 35.4 Å². The van der Waals surface area contributed by atoms with Crippen molar-refractivity contribution in [2.45, 2.75) is 33.2 Å². The lowest BCUT2D eigenvalue weighted by Gasteiger charge is -2.20. The van der Waals surface area contributed by atoms with E-state index < -0.39 is 0 Å². The van der Waals surface area contributed by atoms with Crippen LogP contribution in [-0.2, 0) is 13.0 Å². The van der Waals surface area contributed by atoms with Crippen molar-refractivity contribution < 1.29 is 5.11 Å². The lowest BCUT2D eigenvalue weighted by molar-refractivity contribution is 0.225. The van der Waals surface area contributed by atoms with Gasteiger partial charge in [-0.05, 0) is 30.5 Å². The van der Waals surface area contributed by atoms with E-state index in [1.807, 2.05) is 0 Å². The first-order valence-corrected chi connectivity index (χ1v) is 6.21. The molecule has 16 heavy (non-hydrogen) atoms. The summed E-state index contributed by atoms with van der Waals surface area (Å²) in [5, 5.41) is 8.82. The van der Waals surface area contributed by atoms with Gasteiger partial charge in [-0.25, -0.2) is 0 Å². The maximum absolute atomic E-state index is 8.82. The Bertz CT molecular complexity index is 281. The second-order valence-corrected chi connectivity index (χ2v) is 4.12. The van der Waals surface area contributed by atoms with E-state index >= 15 is 0 Å². The van der Waals surface area contributed by atoms with E-state index in [2.05, 4.69) is 43.0 Å². The second kappa shape index (κ2) is 7.42. The summed E-state index contributed by atoms with van der Waals surface area (Å²) < 4.78 is 0. The fourth-order valence-corrected chi connectivity index (χ4v) is 1.78. The molecule has 0 amide bonds. The van der Waals surface area contributed by atoms with Gasteiger partial charge in [0.1, 0.15) is 0 Å². The van der Waals surface area contributed by atoms with Crippen LogP contribution >= 0.6 is 0 Å². The quantitative estimate of drug-likeness (QED) is 0.764. The molecule has 0 radical (unpaired) electrons. The Kier molecular flexibility index (Phi) is 6.12. The van der Waals surface area contributed by atoms with Crippen LogP contribution in [-0.4, -0.2) is 29.7 Å². The molecule has 1 N–H and O–H groups in total. The van der Waals surface area contributed by atoms with E-state index in [0.717, 1.165) is 32.5 Å². The molecule has 0 aromatic heterocycles. The molecule has 0 fully saturated rings. The lowest BCUT2D eigenvalue weighted by Crippen LogP contribution is -2.24. The molecule has 0 bridgehead atoms. The Morgan fingerprint density at radius 3 is 2.19 bits per heavy atom. The molecule has 1 rings (SSSR count). The molecule has 0 aliphatic rings. The molecule has 0 unspecified atom stereocenters. The summed E-state index contributed by atoms with van der Waals surface area (Å²) in [5.74, 6) is 0. The summed E-state index contributed by atoms with van der Waals surface area (Å²) >= 11 is 0. The van der Waals surface area contributed by atoms with Gasteiger partial charge in [0.2, 0.25) is 0 Å². The molecular formula is C14H23NO. The molecule has 1 aromatic carbocycles. The zero-order valence-electron chi connectivity index (χ0n) is 10.4. The summed E-state index contributed by atoms with van der Waals surface area (Å²) in [6, 6.07) is 8.82. The minimum absolute atomic E-state index is 0.283. The Balaban J connectivity index is 2.49.